The average Bonchev–Trinajstić information content (AvgIpc) is 2.77. The number of carbonyl (C=O) groups excluding carboxylic acids is 1. The Morgan fingerprint density at radius 3 is 2.79 bits per heavy atom. The van der Waals surface area contributed by atoms with E-state index in [1.807, 2.05) is 17.0 Å². The molecule has 2 aliphatic rings. The Bertz CT molecular complexity index is 501. The van der Waals surface area contributed by atoms with Gasteiger partial charge in [0.25, 0.3) is 5.91 Å². The van der Waals surface area contributed by atoms with Gasteiger partial charge in [-0.1, -0.05) is 26.0 Å². The van der Waals surface area contributed by atoms with Crippen molar-refractivity contribution in [3.05, 3.63) is 35.0 Å². The lowest BCUT2D eigenvalue weighted by atomic mass is 10.0. The molecule has 0 spiro atoms. The van der Waals surface area contributed by atoms with Crippen LogP contribution < -0.4 is 5.06 Å². The molecule has 2 heterocycles. The molecule has 1 aromatic rings. The third-order valence-corrected chi connectivity index (χ3v) is 4.43. The van der Waals surface area contributed by atoms with Crippen molar-refractivity contribution in [3.63, 3.8) is 0 Å². The monoisotopic (exact) mass is 260 g/mol. The second-order valence-electron chi connectivity index (χ2n) is 5.93. The Balaban J connectivity index is 2.05. The Kier molecular flexibility index (Phi) is 3.07. The summed E-state index contributed by atoms with van der Waals surface area (Å²) in [7, 11) is 0. The molecule has 1 N–H and O–H groups in total. The van der Waals surface area contributed by atoms with E-state index >= 15 is 0 Å². The minimum Gasteiger partial charge on any atom is -0.629 e. The maximum Gasteiger partial charge on any atom is 0.260 e. The van der Waals surface area contributed by atoms with Gasteiger partial charge < -0.3 is 15.2 Å². The first-order valence-corrected chi connectivity index (χ1v) is 7.04. The van der Waals surface area contributed by atoms with Gasteiger partial charge in [-0.3, -0.25) is 4.79 Å². The highest BCUT2D eigenvalue weighted by Gasteiger charge is 2.43. The molecule has 0 radical (unpaired) electrons. The van der Waals surface area contributed by atoms with Crippen LogP contribution in [0.3, 0.4) is 0 Å². The van der Waals surface area contributed by atoms with E-state index in [1.54, 1.807) is 12.1 Å². The van der Waals surface area contributed by atoms with E-state index in [1.165, 1.54) is 0 Å². The molecule has 2 aliphatic heterocycles. The van der Waals surface area contributed by atoms with Gasteiger partial charge in [0.05, 0.1) is 6.04 Å². The van der Waals surface area contributed by atoms with Crippen LogP contribution in [-0.4, -0.2) is 29.4 Å². The molecule has 1 saturated heterocycles. The van der Waals surface area contributed by atoms with Crippen LogP contribution in [0.2, 0.25) is 0 Å². The van der Waals surface area contributed by atoms with E-state index in [0.29, 0.717) is 23.7 Å². The van der Waals surface area contributed by atoms with Gasteiger partial charge >= 0.3 is 0 Å². The van der Waals surface area contributed by atoms with E-state index in [-0.39, 0.29) is 23.1 Å². The molecule has 1 aromatic carbocycles. The zero-order valence-corrected chi connectivity index (χ0v) is 11.4. The van der Waals surface area contributed by atoms with Crippen molar-refractivity contribution in [2.45, 2.75) is 38.8 Å². The number of nitrogens with one attached hydrogen (secondary N) is 1. The highest BCUT2D eigenvalue weighted by molar-refractivity contribution is 5.99. The first-order valence-electron chi connectivity index (χ1n) is 7.04. The van der Waals surface area contributed by atoms with E-state index in [9.17, 15) is 10.0 Å². The van der Waals surface area contributed by atoms with Gasteiger partial charge in [0.1, 0.15) is 17.8 Å². The van der Waals surface area contributed by atoms with E-state index in [0.717, 1.165) is 12.8 Å². The highest BCUT2D eigenvalue weighted by Crippen LogP contribution is 2.32. The van der Waals surface area contributed by atoms with E-state index in [2.05, 4.69) is 13.8 Å². The van der Waals surface area contributed by atoms with Gasteiger partial charge in [0, 0.05) is 12.1 Å². The van der Waals surface area contributed by atoms with Crippen molar-refractivity contribution < 1.29 is 9.86 Å². The summed E-state index contributed by atoms with van der Waals surface area (Å²) in [5.74, 6) is 0.483. The summed E-state index contributed by atoms with van der Waals surface area (Å²) in [4.78, 5) is 14.7. The number of rotatable bonds is 1. The van der Waals surface area contributed by atoms with Gasteiger partial charge in [-0.2, -0.15) is 0 Å². The maximum absolute atomic E-state index is 12.8. The summed E-state index contributed by atoms with van der Waals surface area (Å²) < 4.78 is 0. The summed E-state index contributed by atoms with van der Waals surface area (Å²) in [6.07, 6.45) is 1.97. The van der Waals surface area contributed by atoms with Crippen LogP contribution in [0.1, 0.15) is 37.0 Å². The first-order chi connectivity index (χ1) is 9.09. The minimum absolute atomic E-state index is 0.0441. The number of carbonyl (C=O) groups is 1. The van der Waals surface area contributed by atoms with Crippen LogP contribution in [0.4, 0.5) is 5.69 Å². The van der Waals surface area contributed by atoms with Gasteiger partial charge in [-0.25, -0.2) is 0 Å². The van der Waals surface area contributed by atoms with E-state index in [4.69, 9.17) is 0 Å². The standard InChI is InChI=1S/C15H20N2O2/c1-10(2)13-8-7-11-9-16(19)14-6-4-3-5-12(14)15(18)17(11)13/h3-6,10-11,13,16H,7-9H2,1-2H3/t11-,13+/m0/s1. The fourth-order valence-corrected chi connectivity index (χ4v) is 3.46. The summed E-state index contributed by atoms with van der Waals surface area (Å²) in [6, 6.07) is 7.61. The lowest BCUT2D eigenvalue weighted by molar-refractivity contribution is -0.778. The van der Waals surface area contributed by atoms with Gasteiger partial charge in [-0.15, -0.1) is 0 Å². The lowest BCUT2D eigenvalue weighted by Crippen LogP contribution is -3.03. The Morgan fingerprint density at radius 1 is 1.32 bits per heavy atom. The van der Waals surface area contributed by atoms with Crippen LogP contribution in [-0.2, 0) is 0 Å². The van der Waals surface area contributed by atoms with Crippen LogP contribution in [0.15, 0.2) is 24.3 Å². The predicted octanol–water partition coefficient (Wildman–Crippen LogP) is 1.34. The second kappa shape index (κ2) is 4.62. The molecule has 3 atom stereocenters. The van der Waals surface area contributed by atoms with Crippen LogP contribution in [0, 0.1) is 11.1 Å². The number of para-hydroxylation sites is 1. The third kappa shape index (κ3) is 1.95. The zero-order chi connectivity index (χ0) is 13.6. The summed E-state index contributed by atoms with van der Waals surface area (Å²) in [6.45, 7) is 4.78. The largest absolute Gasteiger partial charge is 0.629 e. The summed E-state index contributed by atoms with van der Waals surface area (Å²) >= 11 is 0. The SMILES string of the molecule is CC(C)[C@H]1CC[C@H]2C[NH+]([O-])c3ccccc3C(=O)N21. The molecular formula is C15H20N2O2. The van der Waals surface area contributed by atoms with Crippen molar-refractivity contribution in [2.75, 3.05) is 6.54 Å². The molecule has 0 bridgehead atoms. The quantitative estimate of drug-likeness (QED) is 0.775. The van der Waals surface area contributed by atoms with Crippen LogP contribution in [0.5, 0.6) is 0 Å². The van der Waals surface area contributed by atoms with Crippen molar-refractivity contribution in [1.29, 1.82) is 0 Å². The summed E-state index contributed by atoms with van der Waals surface area (Å²) in [5.41, 5.74) is 1.19. The number of fused-ring (bicyclic) bond motifs is 2. The number of amides is 1. The fourth-order valence-electron chi connectivity index (χ4n) is 3.46. The predicted molar refractivity (Wildman–Crippen MR) is 73.1 cm³/mol. The highest BCUT2D eigenvalue weighted by atomic mass is 16.5. The zero-order valence-electron chi connectivity index (χ0n) is 11.4. The fraction of sp³-hybridized carbons (Fsp3) is 0.533. The molecule has 19 heavy (non-hydrogen) atoms. The Hall–Kier alpha value is -1.39. The molecule has 1 fully saturated rings. The molecule has 4 nitrogen and oxygen atoms in total. The minimum atomic E-state index is 0.0441. The number of hydroxylamine groups is 1. The maximum atomic E-state index is 12.8. The lowest BCUT2D eigenvalue weighted by Gasteiger charge is -2.31. The molecule has 0 aliphatic carbocycles. The van der Waals surface area contributed by atoms with Crippen molar-refractivity contribution in [2.24, 2.45) is 5.92 Å². The van der Waals surface area contributed by atoms with Gasteiger partial charge in [-0.05, 0) is 24.8 Å². The first kappa shape index (κ1) is 12.6. The molecule has 1 unspecified atom stereocenters. The molecule has 102 valence electrons. The number of benzene rings is 1. The average molecular weight is 260 g/mol. The molecule has 3 rings (SSSR count). The van der Waals surface area contributed by atoms with Crippen LogP contribution in [0.25, 0.3) is 0 Å². The summed E-state index contributed by atoms with van der Waals surface area (Å²) in [5, 5.41) is 12.4. The molecule has 4 heteroatoms. The molecule has 0 aromatic heterocycles. The topological polar surface area (TPSA) is 47.8 Å². The molecule has 0 saturated carbocycles. The van der Waals surface area contributed by atoms with Gasteiger partial charge in [0.2, 0.25) is 0 Å². The smallest absolute Gasteiger partial charge is 0.260 e. The molecule has 1 amide bonds. The van der Waals surface area contributed by atoms with Crippen molar-refractivity contribution in [1.82, 2.24) is 4.90 Å². The van der Waals surface area contributed by atoms with Crippen molar-refractivity contribution in [3.8, 4) is 0 Å². The number of hydrogen-bond acceptors (Lipinski definition) is 2. The van der Waals surface area contributed by atoms with Crippen molar-refractivity contribution >= 4 is 11.6 Å². The Morgan fingerprint density at radius 2 is 2.05 bits per heavy atom. The number of quaternary nitrogens is 1. The number of hydrogen-bond donors (Lipinski definition) is 1. The Labute approximate surface area is 113 Å². The number of nitrogens with zero attached hydrogens (tertiary/aromatic N) is 1. The third-order valence-electron chi connectivity index (χ3n) is 4.43. The normalized spacial score (nSPS) is 30.2. The second-order valence-corrected chi connectivity index (χ2v) is 5.93. The molecular weight excluding hydrogens is 240 g/mol. The van der Waals surface area contributed by atoms with E-state index < -0.39 is 0 Å². The van der Waals surface area contributed by atoms with Gasteiger partial charge in [0.15, 0.2) is 0 Å². The van der Waals surface area contributed by atoms with Crippen LogP contribution >= 0.6 is 0 Å².